The highest BCUT2D eigenvalue weighted by Crippen LogP contribution is 2.29. The summed E-state index contributed by atoms with van der Waals surface area (Å²) < 4.78 is 0. The largest absolute Gasteiger partial charge is 0.279 e. The first-order chi connectivity index (χ1) is 8.79. The second kappa shape index (κ2) is 5.40. The number of hydroxylamine groups is 2. The first kappa shape index (κ1) is 14.5. The predicted molar refractivity (Wildman–Crippen MR) is 63.6 cm³/mol. The van der Waals surface area contributed by atoms with Gasteiger partial charge in [0.15, 0.2) is 0 Å². The molecule has 1 aromatic carbocycles. The maximum atomic E-state index is 11.8. The molecule has 0 radical (unpaired) electrons. The molecular weight excluding hydrogens is 258 g/mol. The molecule has 0 unspecified atom stereocenters. The number of hydrogen-bond acceptors (Lipinski definition) is 6. The lowest BCUT2D eigenvalue weighted by Crippen LogP contribution is -2.25. The number of hydrogen-bond donors (Lipinski definition) is 0. The lowest BCUT2D eigenvalue weighted by Gasteiger charge is -2.13. The van der Waals surface area contributed by atoms with E-state index in [1.54, 1.807) is 0 Å². The summed E-state index contributed by atoms with van der Waals surface area (Å²) in [5, 5.41) is 22.5. The number of amides is 1. The van der Waals surface area contributed by atoms with Crippen LogP contribution in [0.4, 0.5) is 11.4 Å². The van der Waals surface area contributed by atoms with E-state index in [0.717, 1.165) is 17.2 Å². The summed E-state index contributed by atoms with van der Waals surface area (Å²) in [5.74, 6) is -0.714. The Morgan fingerprint density at radius 3 is 1.95 bits per heavy atom. The number of benzene rings is 1. The molecule has 0 fully saturated rings. The van der Waals surface area contributed by atoms with E-state index in [1.165, 1.54) is 21.1 Å². The molecule has 0 aromatic heterocycles. The van der Waals surface area contributed by atoms with Crippen LogP contribution in [0.2, 0.25) is 0 Å². The Hall–Kier alpha value is -2.55. The van der Waals surface area contributed by atoms with Crippen molar-refractivity contribution >= 4 is 17.3 Å². The van der Waals surface area contributed by atoms with Crippen LogP contribution in [0.15, 0.2) is 12.1 Å². The fourth-order valence-electron chi connectivity index (χ4n) is 1.45. The van der Waals surface area contributed by atoms with Crippen LogP contribution in [-0.4, -0.2) is 35.0 Å². The predicted octanol–water partition coefficient (Wildman–Crippen LogP) is 1.44. The van der Waals surface area contributed by atoms with Crippen molar-refractivity contribution in [2.45, 2.75) is 6.92 Å². The van der Waals surface area contributed by atoms with Gasteiger partial charge in [-0.05, 0) is 6.92 Å². The highest BCUT2D eigenvalue weighted by atomic mass is 16.7. The summed E-state index contributed by atoms with van der Waals surface area (Å²) in [6, 6.07) is 1.97. The van der Waals surface area contributed by atoms with Crippen LogP contribution in [0, 0.1) is 27.2 Å². The van der Waals surface area contributed by atoms with Gasteiger partial charge in [-0.1, -0.05) is 0 Å². The Morgan fingerprint density at radius 1 is 1.21 bits per heavy atom. The van der Waals surface area contributed by atoms with Gasteiger partial charge in [0.05, 0.1) is 22.5 Å². The number of carbonyl (C=O) groups excluding carboxylic acids is 1. The molecule has 1 amide bonds. The third-order valence-electron chi connectivity index (χ3n) is 2.55. The topological polar surface area (TPSA) is 116 Å². The van der Waals surface area contributed by atoms with E-state index < -0.39 is 27.1 Å². The molecule has 9 heteroatoms. The van der Waals surface area contributed by atoms with Gasteiger partial charge in [-0.25, -0.2) is 5.06 Å². The zero-order chi connectivity index (χ0) is 14.7. The van der Waals surface area contributed by atoms with E-state index in [9.17, 15) is 25.0 Å². The quantitative estimate of drug-likeness (QED) is 0.603. The van der Waals surface area contributed by atoms with Gasteiger partial charge in [-0.3, -0.25) is 29.9 Å². The van der Waals surface area contributed by atoms with E-state index in [4.69, 9.17) is 0 Å². The van der Waals surface area contributed by atoms with Crippen molar-refractivity contribution < 1.29 is 19.5 Å². The average Bonchev–Trinajstić information content (AvgIpc) is 2.36. The van der Waals surface area contributed by atoms with Gasteiger partial charge < -0.3 is 0 Å². The molecule has 19 heavy (non-hydrogen) atoms. The van der Waals surface area contributed by atoms with Gasteiger partial charge in [-0.15, -0.1) is 0 Å². The third kappa shape index (κ3) is 2.83. The van der Waals surface area contributed by atoms with Gasteiger partial charge in [0.1, 0.15) is 5.56 Å². The van der Waals surface area contributed by atoms with E-state index in [2.05, 4.69) is 4.84 Å². The standard InChI is InChI=1S/C10H11N3O6/c1-6-8(12(15)16)4-7(5-9(6)13(17)18)10(14)11(2)19-3/h4-5H,1-3H3. The Kier molecular flexibility index (Phi) is 4.12. The molecule has 0 spiro atoms. The lowest BCUT2D eigenvalue weighted by atomic mass is 10.1. The van der Waals surface area contributed by atoms with Crippen molar-refractivity contribution in [2.24, 2.45) is 0 Å². The first-order valence-corrected chi connectivity index (χ1v) is 5.05. The second-order valence-electron chi connectivity index (χ2n) is 3.64. The highest BCUT2D eigenvalue weighted by Gasteiger charge is 2.26. The summed E-state index contributed by atoms with van der Waals surface area (Å²) >= 11 is 0. The second-order valence-corrected chi connectivity index (χ2v) is 3.64. The maximum absolute atomic E-state index is 11.8. The molecular formula is C10H11N3O6. The van der Waals surface area contributed by atoms with Crippen molar-refractivity contribution in [1.29, 1.82) is 0 Å². The first-order valence-electron chi connectivity index (χ1n) is 5.05. The van der Waals surface area contributed by atoms with Crippen molar-refractivity contribution in [2.75, 3.05) is 14.2 Å². The average molecular weight is 269 g/mol. The number of nitro benzene ring substituents is 2. The van der Waals surface area contributed by atoms with Crippen LogP contribution in [0.1, 0.15) is 15.9 Å². The molecule has 0 atom stereocenters. The molecule has 0 aliphatic heterocycles. The molecule has 0 saturated carbocycles. The fourth-order valence-corrected chi connectivity index (χ4v) is 1.45. The molecule has 102 valence electrons. The lowest BCUT2D eigenvalue weighted by molar-refractivity contribution is -0.395. The minimum atomic E-state index is -0.772. The summed E-state index contributed by atoms with van der Waals surface area (Å²) in [6.45, 7) is 1.25. The molecule has 0 N–H and O–H groups in total. The molecule has 1 aromatic rings. The number of rotatable bonds is 4. The zero-order valence-electron chi connectivity index (χ0n) is 10.4. The number of nitro groups is 2. The Labute approximate surface area is 107 Å². The van der Waals surface area contributed by atoms with Crippen LogP contribution in [0.25, 0.3) is 0 Å². The van der Waals surface area contributed by atoms with Crippen LogP contribution in [0.5, 0.6) is 0 Å². The molecule has 0 bridgehead atoms. The van der Waals surface area contributed by atoms with Gasteiger partial charge in [0.2, 0.25) is 0 Å². The van der Waals surface area contributed by atoms with Crippen LogP contribution in [0.3, 0.4) is 0 Å². The minimum Gasteiger partial charge on any atom is -0.274 e. The monoisotopic (exact) mass is 269 g/mol. The van der Waals surface area contributed by atoms with E-state index in [1.807, 2.05) is 0 Å². The highest BCUT2D eigenvalue weighted by molar-refractivity contribution is 5.95. The van der Waals surface area contributed by atoms with Crippen molar-refractivity contribution in [3.05, 3.63) is 43.5 Å². The van der Waals surface area contributed by atoms with Crippen LogP contribution < -0.4 is 0 Å². The number of carbonyl (C=O) groups is 1. The van der Waals surface area contributed by atoms with Crippen molar-refractivity contribution in [3.63, 3.8) is 0 Å². The zero-order valence-corrected chi connectivity index (χ0v) is 10.4. The summed E-state index contributed by atoms with van der Waals surface area (Å²) in [6.07, 6.45) is 0. The molecule has 0 aliphatic carbocycles. The molecule has 9 nitrogen and oxygen atoms in total. The molecule has 0 heterocycles. The number of nitrogens with zero attached hydrogens (tertiary/aromatic N) is 3. The van der Waals surface area contributed by atoms with E-state index in [-0.39, 0.29) is 11.1 Å². The van der Waals surface area contributed by atoms with Gasteiger partial charge in [0.25, 0.3) is 17.3 Å². The van der Waals surface area contributed by atoms with Gasteiger partial charge in [0, 0.05) is 19.2 Å². The molecule has 0 aliphatic rings. The SMILES string of the molecule is CON(C)C(=O)c1cc([N+](=O)[O-])c(C)c([N+](=O)[O-])c1. The van der Waals surface area contributed by atoms with Crippen LogP contribution >= 0.6 is 0 Å². The van der Waals surface area contributed by atoms with Crippen molar-refractivity contribution in [3.8, 4) is 0 Å². The molecule has 0 saturated heterocycles. The van der Waals surface area contributed by atoms with Crippen molar-refractivity contribution in [1.82, 2.24) is 5.06 Å². The van der Waals surface area contributed by atoms with Crippen LogP contribution in [-0.2, 0) is 4.84 Å². The summed E-state index contributed by atoms with van der Waals surface area (Å²) in [7, 11) is 2.52. The summed E-state index contributed by atoms with van der Waals surface area (Å²) in [4.78, 5) is 36.6. The minimum absolute atomic E-state index is 0.105. The Morgan fingerprint density at radius 2 is 1.63 bits per heavy atom. The van der Waals surface area contributed by atoms with E-state index >= 15 is 0 Å². The maximum Gasteiger partial charge on any atom is 0.279 e. The molecule has 1 rings (SSSR count). The third-order valence-corrected chi connectivity index (χ3v) is 2.55. The van der Waals surface area contributed by atoms with E-state index in [0.29, 0.717) is 0 Å². The summed E-state index contributed by atoms with van der Waals surface area (Å²) in [5.41, 5.74) is -1.26. The van der Waals surface area contributed by atoms with Gasteiger partial charge in [-0.2, -0.15) is 0 Å². The smallest absolute Gasteiger partial charge is 0.274 e. The normalized spacial score (nSPS) is 10.1. The van der Waals surface area contributed by atoms with Gasteiger partial charge >= 0.3 is 0 Å². The fraction of sp³-hybridized carbons (Fsp3) is 0.300. The Bertz CT molecular complexity index is 521. The Balaban J connectivity index is 3.47.